The second-order valence-corrected chi connectivity index (χ2v) is 7.77. The lowest BCUT2D eigenvalue weighted by molar-refractivity contribution is -0.111. The molecular formula is C22H25Cl2FN4O. The monoisotopic (exact) mass is 450 g/mol. The van der Waals surface area contributed by atoms with Gasteiger partial charge in [-0.1, -0.05) is 42.8 Å². The number of nitrogens with one attached hydrogen (secondary N) is 2. The van der Waals surface area contributed by atoms with Gasteiger partial charge >= 0.3 is 0 Å². The maximum atomic E-state index is 14.2. The highest BCUT2D eigenvalue weighted by Crippen LogP contribution is 2.32. The van der Waals surface area contributed by atoms with Crippen molar-refractivity contribution in [3.8, 4) is 0 Å². The third kappa shape index (κ3) is 6.23. The molecule has 0 fully saturated rings. The first-order chi connectivity index (χ1) is 14.1. The van der Waals surface area contributed by atoms with Gasteiger partial charge in [-0.3, -0.25) is 4.79 Å². The molecule has 0 aliphatic rings. The Labute approximate surface area is 186 Å². The van der Waals surface area contributed by atoms with E-state index in [0.29, 0.717) is 35.6 Å². The van der Waals surface area contributed by atoms with E-state index in [4.69, 9.17) is 28.9 Å². The number of carbonyl (C=O) groups is 1. The van der Waals surface area contributed by atoms with E-state index in [1.54, 1.807) is 18.2 Å². The summed E-state index contributed by atoms with van der Waals surface area (Å²) in [6, 6.07) is 5.98. The van der Waals surface area contributed by atoms with Crippen LogP contribution in [0.4, 0.5) is 21.5 Å². The summed E-state index contributed by atoms with van der Waals surface area (Å²) in [6.07, 6.45) is 3.92. The molecule has 0 aliphatic heterocycles. The van der Waals surface area contributed by atoms with Crippen LogP contribution in [0.25, 0.3) is 5.70 Å². The van der Waals surface area contributed by atoms with Gasteiger partial charge in [0.2, 0.25) is 5.91 Å². The summed E-state index contributed by atoms with van der Waals surface area (Å²) in [4.78, 5) is 14.2. The van der Waals surface area contributed by atoms with Crippen molar-refractivity contribution in [1.29, 1.82) is 0 Å². The van der Waals surface area contributed by atoms with Crippen LogP contribution in [0.5, 0.6) is 0 Å². The topological polar surface area (TPSA) is 70.4 Å². The van der Waals surface area contributed by atoms with Crippen molar-refractivity contribution in [3.63, 3.8) is 0 Å². The van der Waals surface area contributed by atoms with Crippen molar-refractivity contribution in [2.24, 2.45) is 0 Å². The fourth-order valence-corrected chi connectivity index (χ4v) is 3.04. The van der Waals surface area contributed by atoms with Gasteiger partial charge < -0.3 is 21.3 Å². The van der Waals surface area contributed by atoms with Gasteiger partial charge in [0, 0.05) is 35.3 Å². The summed E-state index contributed by atoms with van der Waals surface area (Å²) < 4.78 is 14.2. The maximum absolute atomic E-state index is 14.2. The standard InChI is InChI=1S/C22H25Cl2FN4O/c1-5-14-9-19(26)15(10-20(14)28-22(30)7-6-8-29(3)4)13(2)27-21-12-17(24)16(23)11-18(21)25/h6-7,9-12,27H,2,5,8,26H2,1,3-4H3,(H,28,30)/b7-6+. The maximum Gasteiger partial charge on any atom is 0.248 e. The summed E-state index contributed by atoms with van der Waals surface area (Å²) in [6.45, 7) is 6.57. The van der Waals surface area contributed by atoms with Crippen molar-refractivity contribution in [3.05, 3.63) is 70.0 Å². The third-order valence-corrected chi connectivity index (χ3v) is 5.00. The van der Waals surface area contributed by atoms with Crippen LogP contribution in [0.2, 0.25) is 10.0 Å². The number of amides is 1. The number of anilines is 3. The number of benzene rings is 2. The minimum Gasteiger partial charge on any atom is -0.398 e. The molecular weight excluding hydrogens is 426 g/mol. The summed E-state index contributed by atoms with van der Waals surface area (Å²) in [5.74, 6) is -0.828. The number of nitrogens with zero attached hydrogens (tertiary/aromatic N) is 1. The average Bonchev–Trinajstić information content (AvgIpc) is 2.66. The van der Waals surface area contributed by atoms with Gasteiger partial charge in [-0.15, -0.1) is 0 Å². The number of hydrogen-bond donors (Lipinski definition) is 3. The Bertz CT molecular complexity index is 990. The summed E-state index contributed by atoms with van der Waals surface area (Å²) in [5.41, 5.74) is 9.12. The van der Waals surface area contributed by atoms with Crippen LogP contribution in [0.3, 0.4) is 0 Å². The second kappa shape index (κ2) is 10.5. The highest BCUT2D eigenvalue weighted by molar-refractivity contribution is 6.42. The van der Waals surface area contributed by atoms with E-state index in [-0.39, 0.29) is 21.6 Å². The fourth-order valence-electron chi connectivity index (χ4n) is 2.73. The first kappa shape index (κ1) is 23.7. The Morgan fingerprint density at radius 2 is 1.83 bits per heavy atom. The predicted molar refractivity (Wildman–Crippen MR) is 126 cm³/mol. The van der Waals surface area contributed by atoms with Crippen molar-refractivity contribution in [1.82, 2.24) is 4.90 Å². The zero-order valence-corrected chi connectivity index (χ0v) is 18.7. The Kier molecular flexibility index (Phi) is 8.29. The number of halogens is 3. The zero-order chi connectivity index (χ0) is 22.4. The summed E-state index contributed by atoms with van der Waals surface area (Å²) >= 11 is 11.8. The minimum absolute atomic E-state index is 0.115. The molecule has 160 valence electrons. The lowest BCUT2D eigenvalue weighted by Crippen LogP contribution is -2.14. The lowest BCUT2D eigenvalue weighted by Gasteiger charge is -2.17. The SMILES string of the molecule is C=C(Nc1cc(Cl)c(Cl)cc1F)c1cc(NC(=O)/C=C/CN(C)C)c(CC)cc1N. The van der Waals surface area contributed by atoms with Crippen LogP contribution in [0.15, 0.2) is 43.0 Å². The quantitative estimate of drug-likeness (QED) is 0.285. The Balaban J connectivity index is 2.29. The largest absolute Gasteiger partial charge is 0.398 e. The molecule has 2 aromatic carbocycles. The summed E-state index contributed by atoms with van der Waals surface area (Å²) in [5, 5.41) is 6.07. The molecule has 0 unspecified atom stereocenters. The molecule has 0 heterocycles. The number of hydrogen-bond acceptors (Lipinski definition) is 4. The van der Waals surface area contributed by atoms with Crippen molar-refractivity contribution < 1.29 is 9.18 Å². The van der Waals surface area contributed by atoms with Crippen molar-refractivity contribution in [2.75, 3.05) is 37.0 Å². The molecule has 0 saturated heterocycles. The number of nitrogens with two attached hydrogens (primary N) is 1. The van der Waals surface area contributed by atoms with E-state index in [2.05, 4.69) is 17.2 Å². The highest BCUT2D eigenvalue weighted by atomic mass is 35.5. The van der Waals surface area contributed by atoms with Gasteiger partial charge in [-0.25, -0.2) is 4.39 Å². The molecule has 4 N–H and O–H groups in total. The third-order valence-electron chi connectivity index (χ3n) is 4.27. The van der Waals surface area contributed by atoms with Crippen LogP contribution < -0.4 is 16.4 Å². The molecule has 5 nitrogen and oxygen atoms in total. The number of nitrogen functional groups attached to an aromatic ring is 1. The Morgan fingerprint density at radius 3 is 2.47 bits per heavy atom. The number of aryl methyl sites for hydroxylation is 1. The number of carbonyl (C=O) groups excluding carboxylic acids is 1. The normalized spacial score (nSPS) is 11.2. The molecule has 1 amide bonds. The van der Waals surface area contributed by atoms with Gasteiger partial charge in [0.1, 0.15) is 5.82 Å². The number of rotatable bonds is 8. The molecule has 2 rings (SSSR count). The zero-order valence-electron chi connectivity index (χ0n) is 17.2. The van der Waals surface area contributed by atoms with Gasteiger partial charge in [-0.2, -0.15) is 0 Å². The van der Waals surface area contributed by atoms with E-state index in [1.807, 2.05) is 25.9 Å². The first-order valence-corrected chi connectivity index (χ1v) is 10.0. The van der Waals surface area contributed by atoms with Crippen LogP contribution in [0.1, 0.15) is 18.1 Å². The molecule has 0 radical (unpaired) electrons. The molecule has 0 aromatic heterocycles. The molecule has 0 aliphatic carbocycles. The van der Waals surface area contributed by atoms with Gasteiger partial charge in [0.15, 0.2) is 0 Å². The summed E-state index contributed by atoms with van der Waals surface area (Å²) in [7, 11) is 3.83. The molecule has 0 bridgehead atoms. The van der Waals surface area contributed by atoms with Crippen molar-refractivity contribution in [2.45, 2.75) is 13.3 Å². The fraction of sp³-hybridized carbons (Fsp3) is 0.227. The van der Waals surface area contributed by atoms with Gasteiger partial charge in [0.25, 0.3) is 0 Å². The molecule has 0 atom stereocenters. The first-order valence-electron chi connectivity index (χ1n) is 9.27. The molecule has 0 saturated carbocycles. The Hall–Kier alpha value is -2.54. The second-order valence-electron chi connectivity index (χ2n) is 6.95. The van der Waals surface area contributed by atoms with E-state index in [1.165, 1.54) is 12.1 Å². The van der Waals surface area contributed by atoms with Gasteiger partial charge in [0.05, 0.1) is 15.7 Å². The van der Waals surface area contributed by atoms with E-state index in [9.17, 15) is 9.18 Å². The van der Waals surface area contributed by atoms with Crippen molar-refractivity contribution >= 4 is 51.9 Å². The number of likely N-dealkylation sites (N-methyl/N-ethyl adjacent to an activating group) is 1. The van der Waals surface area contributed by atoms with E-state index >= 15 is 0 Å². The van der Waals surface area contributed by atoms with Gasteiger partial charge in [-0.05, 0) is 50.3 Å². The highest BCUT2D eigenvalue weighted by Gasteiger charge is 2.14. The predicted octanol–water partition coefficient (Wildman–Crippen LogP) is 5.42. The van der Waals surface area contributed by atoms with Crippen LogP contribution in [-0.2, 0) is 11.2 Å². The van der Waals surface area contributed by atoms with Crippen LogP contribution in [0, 0.1) is 5.82 Å². The van der Waals surface area contributed by atoms with Crippen LogP contribution in [-0.4, -0.2) is 31.4 Å². The van der Waals surface area contributed by atoms with E-state index in [0.717, 1.165) is 11.6 Å². The lowest BCUT2D eigenvalue weighted by atomic mass is 10.0. The Morgan fingerprint density at radius 1 is 1.17 bits per heavy atom. The van der Waals surface area contributed by atoms with Crippen LogP contribution >= 0.6 is 23.2 Å². The van der Waals surface area contributed by atoms with E-state index < -0.39 is 5.82 Å². The molecule has 0 spiro atoms. The molecule has 8 heteroatoms. The molecule has 2 aromatic rings. The average molecular weight is 451 g/mol. The molecule has 30 heavy (non-hydrogen) atoms. The smallest absolute Gasteiger partial charge is 0.248 e. The minimum atomic E-state index is -0.575.